The second kappa shape index (κ2) is 7.36. The SMILES string of the molecule is CSc1cccc(NCC(=O)Nc2ccccc2Br)c1. The molecule has 3 nitrogen and oxygen atoms in total. The van der Waals surface area contributed by atoms with Gasteiger partial charge in [-0.05, 0) is 52.5 Å². The van der Waals surface area contributed by atoms with Crippen molar-refractivity contribution >= 4 is 45.0 Å². The first-order valence-corrected chi connectivity index (χ1v) is 8.13. The van der Waals surface area contributed by atoms with E-state index in [9.17, 15) is 4.79 Å². The van der Waals surface area contributed by atoms with E-state index in [4.69, 9.17) is 0 Å². The molecular weight excluding hydrogens is 336 g/mol. The number of rotatable bonds is 5. The largest absolute Gasteiger partial charge is 0.376 e. The van der Waals surface area contributed by atoms with Crippen molar-refractivity contribution in [3.63, 3.8) is 0 Å². The molecule has 0 radical (unpaired) electrons. The Bertz CT molecular complexity index is 604. The second-order valence-corrected chi connectivity index (χ2v) is 5.85. The molecule has 2 N–H and O–H groups in total. The van der Waals surface area contributed by atoms with Gasteiger partial charge in [-0.2, -0.15) is 0 Å². The molecule has 0 fully saturated rings. The quantitative estimate of drug-likeness (QED) is 0.793. The molecule has 0 atom stereocenters. The fraction of sp³-hybridized carbons (Fsp3) is 0.133. The lowest BCUT2D eigenvalue weighted by Gasteiger charge is -2.09. The third-order valence-electron chi connectivity index (χ3n) is 2.67. The molecule has 1 amide bonds. The Morgan fingerprint density at radius 2 is 2.00 bits per heavy atom. The van der Waals surface area contributed by atoms with E-state index >= 15 is 0 Å². The van der Waals surface area contributed by atoms with Gasteiger partial charge in [-0.25, -0.2) is 0 Å². The number of carbonyl (C=O) groups is 1. The maximum atomic E-state index is 11.9. The zero-order chi connectivity index (χ0) is 14.4. The normalized spacial score (nSPS) is 10.1. The minimum Gasteiger partial charge on any atom is -0.376 e. The van der Waals surface area contributed by atoms with Crippen LogP contribution < -0.4 is 10.6 Å². The molecule has 0 aliphatic heterocycles. The lowest BCUT2D eigenvalue weighted by Crippen LogP contribution is -2.21. The predicted octanol–water partition coefficient (Wildman–Crippen LogP) is 4.22. The zero-order valence-corrected chi connectivity index (χ0v) is 13.4. The Hall–Kier alpha value is -1.46. The number of amides is 1. The molecule has 20 heavy (non-hydrogen) atoms. The van der Waals surface area contributed by atoms with Crippen LogP contribution in [0, 0.1) is 0 Å². The van der Waals surface area contributed by atoms with Gasteiger partial charge in [0.05, 0.1) is 12.2 Å². The van der Waals surface area contributed by atoms with Gasteiger partial charge in [0.15, 0.2) is 0 Å². The molecule has 0 saturated heterocycles. The monoisotopic (exact) mass is 350 g/mol. The molecule has 104 valence electrons. The Balaban J connectivity index is 1.90. The molecule has 2 aromatic carbocycles. The molecule has 2 aromatic rings. The van der Waals surface area contributed by atoms with Crippen LogP contribution in [0.3, 0.4) is 0 Å². The third kappa shape index (κ3) is 4.28. The number of hydrogen-bond donors (Lipinski definition) is 2. The zero-order valence-electron chi connectivity index (χ0n) is 11.0. The molecule has 2 rings (SSSR count). The number of hydrogen-bond acceptors (Lipinski definition) is 3. The standard InChI is InChI=1S/C15H15BrN2OS/c1-20-12-6-4-5-11(9-12)17-10-15(19)18-14-8-3-2-7-13(14)16/h2-9,17H,10H2,1H3,(H,18,19). The van der Waals surface area contributed by atoms with E-state index in [1.807, 2.05) is 54.8 Å². The highest BCUT2D eigenvalue weighted by Gasteiger charge is 2.04. The Kier molecular flexibility index (Phi) is 5.49. The van der Waals surface area contributed by atoms with Gasteiger partial charge in [-0.15, -0.1) is 11.8 Å². The molecule has 0 unspecified atom stereocenters. The van der Waals surface area contributed by atoms with Crippen LogP contribution in [-0.4, -0.2) is 18.7 Å². The van der Waals surface area contributed by atoms with E-state index in [2.05, 4.69) is 26.6 Å². The fourth-order valence-corrected chi connectivity index (χ4v) is 2.52. The number of benzene rings is 2. The summed E-state index contributed by atoms with van der Waals surface area (Å²) < 4.78 is 0.873. The van der Waals surface area contributed by atoms with Gasteiger partial charge in [0.25, 0.3) is 0 Å². The second-order valence-electron chi connectivity index (χ2n) is 4.11. The van der Waals surface area contributed by atoms with E-state index < -0.39 is 0 Å². The minimum atomic E-state index is -0.0774. The molecular formula is C15H15BrN2OS. The topological polar surface area (TPSA) is 41.1 Å². The van der Waals surface area contributed by atoms with Gasteiger partial charge in [0.2, 0.25) is 5.91 Å². The van der Waals surface area contributed by atoms with Gasteiger partial charge in [0.1, 0.15) is 0 Å². The number of anilines is 2. The maximum Gasteiger partial charge on any atom is 0.243 e. The maximum absolute atomic E-state index is 11.9. The summed E-state index contributed by atoms with van der Waals surface area (Å²) in [6, 6.07) is 15.5. The van der Waals surface area contributed by atoms with Gasteiger partial charge in [-0.3, -0.25) is 4.79 Å². The number of para-hydroxylation sites is 1. The van der Waals surface area contributed by atoms with Crippen molar-refractivity contribution in [2.75, 3.05) is 23.4 Å². The summed E-state index contributed by atoms with van der Waals surface area (Å²) in [5.41, 5.74) is 1.72. The summed E-state index contributed by atoms with van der Waals surface area (Å²) in [6.45, 7) is 0.235. The Labute approximate surface area is 131 Å². The van der Waals surface area contributed by atoms with Crippen molar-refractivity contribution in [3.8, 4) is 0 Å². The first kappa shape index (κ1) is 14.9. The highest BCUT2D eigenvalue weighted by Crippen LogP contribution is 2.21. The summed E-state index contributed by atoms with van der Waals surface area (Å²) in [4.78, 5) is 13.1. The summed E-state index contributed by atoms with van der Waals surface area (Å²) in [5, 5.41) is 5.97. The highest BCUT2D eigenvalue weighted by molar-refractivity contribution is 9.10. The number of halogens is 1. The molecule has 0 aliphatic rings. The van der Waals surface area contributed by atoms with Crippen LogP contribution in [0.1, 0.15) is 0 Å². The van der Waals surface area contributed by atoms with E-state index in [1.165, 1.54) is 4.90 Å². The smallest absolute Gasteiger partial charge is 0.243 e. The minimum absolute atomic E-state index is 0.0774. The molecule has 0 aromatic heterocycles. The fourth-order valence-electron chi connectivity index (χ4n) is 1.67. The number of carbonyl (C=O) groups excluding carboxylic acids is 1. The highest BCUT2D eigenvalue weighted by atomic mass is 79.9. The van der Waals surface area contributed by atoms with Crippen molar-refractivity contribution in [2.24, 2.45) is 0 Å². The molecule has 0 saturated carbocycles. The Morgan fingerprint density at radius 1 is 1.20 bits per heavy atom. The first-order chi connectivity index (χ1) is 9.69. The van der Waals surface area contributed by atoms with Crippen molar-refractivity contribution in [1.82, 2.24) is 0 Å². The van der Waals surface area contributed by atoms with Crippen LogP contribution in [-0.2, 0) is 4.79 Å². The molecule has 0 heterocycles. The van der Waals surface area contributed by atoms with Crippen LogP contribution >= 0.6 is 27.7 Å². The van der Waals surface area contributed by atoms with Gasteiger partial charge in [0, 0.05) is 15.1 Å². The lowest BCUT2D eigenvalue weighted by molar-refractivity contribution is -0.114. The van der Waals surface area contributed by atoms with E-state index in [-0.39, 0.29) is 12.5 Å². The summed E-state index contributed by atoms with van der Waals surface area (Å²) >= 11 is 5.08. The van der Waals surface area contributed by atoms with Crippen LogP contribution in [0.2, 0.25) is 0 Å². The number of thioether (sulfide) groups is 1. The predicted molar refractivity (Wildman–Crippen MR) is 89.5 cm³/mol. The van der Waals surface area contributed by atoms with Gasteiger partial charge in [-0.1, -0.05) is 18.2 Å². The molecule has 5 heteroatoms. The summed E-state index contributed by atoms with van der Waals surface area (Å²) in [6.07, 6.45) is 2.03. The third-order valence-corrected chi connectivity index (χ3v) is 4.09. The van der Waals surface area contributed by atoms with Crippen molar-refractivity contribution < 1.29 is 4.79 Å². The van der Waals surface area contributed by atoms with Gasteiger partial charge >= 0.3 is 0 Å². The van der Waals surface area contributed by atoms with Crippen LogP contribution in [0.4, 0.5) is 11.4 Å². The lowest BCUT2D eigenvalue weighted by atomic mass is 10.3. The van der Waals surface area contributed by atoms with Gasteiger partial charge < -0.3 is 10.6 Å². The van der Waals surface area contributed by atoms with Crippen LogP contribution in [0.25, 0.3) is 0 Å². The molecule has 0 aliphatic carbocycles. The van der Waals surface area contributed by atoms with Crippen molar-refractivity contribution in [3.05, 3.63) is 53.0 Å². The average Bonchev–Trinajstić information content (AvgIpc) is 2.48. The molecule has 0 spiro atoms. The van der Waals surface area contributed by atoms with E-state index in [0.717, 1.165) is 15.8 Å². The van der Waals surface area contributed by atoms with Crippen molar-refractivity contribution in [2.45, 2.75) is 4.90 Å². The number of nitrogens with one attached hydrogen (secondary N) is 2. The Morgan fingerprint density at radius 3 is 2.75 bits per heavy atom. The van der Waals surface area contributed by atoms with E-state index in [1.54, 1.807) is 11.8 Å². The summed E-state index contributed by atoms with van der Waals surface area (Å²) in [7, 11) is 0. The van der Waals surface area contributed by atoms with Crippen LogP contribution in [0.15, 0.2) is 57.9 Å². The van der Waals surface area contributed by atoms with Crippen LogP contribution in [0.5, 0.6) is 0 Å². The van der Waals surface area contributed by atoms with E-state index in [0.29, 0.717) is 0 Å². The summed E-state index contributed by atoms with van der Waals surface area (Å²) in [5.74, 6) is -0.0774. The van der Waals surface area contributed by atoms with Crippen molar-refractivity contribution in [1.29, 1.82) is 0 Å². The average molecular weight is 351 g/mol. The first-order valence-electron chi connectivity index (χ1n) is 6.11. The molecule has 0 bridgehead atoms.